The third-order valence-corrected chi connectivity index (χ3v) is 3.45. The van der Waals surface area contributed by atoms with E-state index < -0.39 is 0 Å². The van der Waals surface area contributed by atoms with Gasteiger partial charge in [0, 0.05) is 11.7 Å². The van der Waals surface area contributed by atoms with E-state index in [0.29, 0.717) is 0 Å². The smallest absolute Gasteiger partial charge is 0.0293 e. The molecule has 0 aromatic heterocycles. The first-order valence-corrected chi connectivity index (χ1v) is 6.37. The summed E-state index contributed by atoms with van der Waals surface area (Å²) in [6.07, 6.45) is 6.78. The molecule has 0 aliphatic carbocycles. The van der Waals surface area contributed by atoms with E-state index in [4.69, 9.17) is 0 Å². The van der Waals surface area contributed by atoms with Crippen molar-refractivity contribution in [1.82, 2.24) is 0 Å². The topological polar surface area (TPSA) is 26.3 Å². The maximum Gasteiger partial charge on any atom is 0.0293 e. The van der Waals surface area contributed by atoms with Crippen molar-refractivity contribution in [3.05, 3.63) is 35.0 Å². The van der Waals surface area contributed by atoms with Crippen LogP contribution in [0.15, 0.2) is 24.3 Å². The van der Waals surface area contributed by atoms with Gasteiger partial charge in [-0.25, -0.2) is 0 Å². The standard InChI is InChI=1S/C14H20NO/c1-2-3-4-8-13-11-10-12-7-5-6-9-14(12)15(13)16/h5-7,9,13H,2-4,8,10-11H2,1H3/q-1. The normalized spacial score (nSPS) is 19.6. The van der Waals surface area contributed by atoms with E-state index in [-0.39, 0.29) is 6.04 Å². The van der Waals surface area contributed by atoms with Crippen LogP contribution in [-0.2, 0) is 6.42 Å². The number of anilines is 1. The molecule has 0 bridgehead atoms. The van der Waals surface area contributed by atoms with Gasteiger partial charge >= 0.3 is 0 Å². The number of hydrogen-bond donors (Lipinski definition) is 0. The number of nitrogens with zero attached hydrogens (tertiary/aromatic N) is 1. The Kier molecular flexibility index (Phi) is 3.83. The second-order valence-electron chi connectivity index (χ2n) is 4.64. The molecule has 1 atom stereocenters. The molecule has 1 aliphatic heterocycles. The highest BCUT2D eigenvalue weighted by molar-refractivity contribution is 5.57. The quantitative estimate of drug-likeness (QED) is 0.717. The molecule has 88 valence electrons. The molecule has 16 heavy (non-hydrogen) atoms. The van der Waals surface area contributed by atoms with E-state index in [1.54, 1.807) is 0 Å². The predicted octanol–water partition coefficient (Wildman–Crippen LogP) is 3.89. The van der Waals surface area contributed by atoms with Gasteiger partial charge in [-0.15, -0.1) is 0 Å². The van der Waals surface area contributed by atoms with Gasteiger partial charge in [0.2, 0.25) is 0 Å². The molecule has 0 saturated heterocycles. The van der Waals surface area contributed by atoms with Gasteiger partial charge in [-0.05, 0) is 30.9 Å². The number of benzene rings is 1. The minimum absolute atomic E-state index is 0.210. The number of hydrogen-bond acceptors (Lipinski definition) is 2. The Labute approximate surface area is 97.9 Å². The molecule has 1 aromatic carbocycles. The molecule has 1 aromatic rings. The summed E-state index contributed by atoms with van der Waals surface area (Å²) in [7, 11) is 0. The first-order chi connectivity index (χ1) is 7.83. The Morgan fingerprint density at radius 3 is 2.94 bits per heavy atom. The fraction of sp³-hybridized carbons (Fsp3) is 0.571. The van der Waals surface area contributed by atoms with Gasteiger partial charge < -0.3 is 10.3 Å². The van der Waals surface area contributed by atoms with Gasteiger partial charge in [-0.2, -0.15) is 0 Å². The monoisotopic (exact) mass is 218 g/mol. The van der Waals surface area contributed by atoms with Crippen LogP contribution in [0.3, 0.4) is 0 Å². The van der Waals surface area contributed by atoms with Crippen LogP contribution in [0, 0.1) is 5.21 Å². The lowest BCUT2D eigenvalue weighted by atomic mass is 9.94. The van der Waals surface area contributed by atoms with Crippen LogP contribution in [0.4, 0.5) is 5.69 Å². The minimum atomic E-state index is 0.210. The number of fused-ring (bicyclic) bond motifs is 1. The number of rotatable bonds is 4. The summed E-state index contributed by atoms with van der Waals surface area (Å²) in [5.74, 6) is 0. The van der Waals surface area contributed by atoms with Gasteiger partial charge in [0.15, 0.2) is 0 Å². The van der Waals surface area contributed by atoms with Crippen LogP contribution in [-0.4, -0.2) is 6.04 Å². The molecule has 0 amide bonds. The summed E-state index contributed by atoms with van der Waals surface area (Å²) in [5.41, 5.74) is 2.11. The molecule has 0 saturated carbocycles. The molecule has 1 unspecified atom stereocenters. The van der Waals surface area contributed by atoms with Crippen molar-refractivity contribution in [3.63, 3.8) is 0 Å². The Bertz CT molecular complexity index is 337. The Morgan fingerprint density at radius 1 is 1.31 bits per heavy atom. The molecule has 2 heteroatoms. The first kappa shape index (κ1) is 11.5. The average Bonchev–Trinajstić information content (AvgIpc) is 2.33. The second kappa shape index (κ2) is 5.35. The van der Waals surface area contributed by atoms with Gasteiger partial charge in [0.1, 0.15) is 0 Å². The highest BCUT2D eigenvalue weighted by Gasteiger charge is 2.18. The van der Waals surface area contributed by atoms with Crippen molar-refractivity contribution in [2.24, 2.45) is 0 Å². The van der Waals surface area contributed by atoms with Crippen LogP contribution in [0.5, 0.6) is 0 Å². The van der Waals surface area contributed by atoms with Gasteiger partial charge in [0.25, 0.3) is 0 Å². The van der Waals surface area contributed by atoms with Crippen molar-refractivity contribution in [2.75, 3.05) is 5.06 Å². The molecular weight excluding hydrogens is 198 g/mol. The van der Waals surface area contributed by atoms with E-state index in [2.05, 4.69) is 13.0 Å². The van der Waals surface area contributed by atoms with E-state index in [0.717, 1.165) is 24.9 Å². The number of hydroxylamine groups is 1. The summed E-state index contributed by atoms with van der Waals surface area (Å²) in [4.78, 5) is 0. The Balaban J connectivity index is 2.00. The first-order valence-electron chi connectivity index (χ1n) is 6.37. The lowest BCUT2D eigenvalue weighted by Crippen LogP contribution is -2.34. The number of unbranched alkanes of at least 4 members (excludes halogenated alkanes) is 2. The SMILES string of the molecule is CCCCCC1CCc2ccccc2N1[O-]. The maximum atomic E-state index is 12.1. The molecule has 1 aliphatic rings. The Hall–Kier alpha value is -1.02. The van der Waals surface area contributed by atoms with Crippen molar-refractivity contribution in [1.29, 1.82) is 0 Å². The molecule has 2 rings (SSSR count). The lowest BCUT2D eigenvalue weighted by Gasteiger charge is -2.44. The predicted molar refractivity (Wildman–Crippen MR) is 68.5 cm³/mol. The molecular formula is C14H20NO-. The zero-order valence-corrected chi connectivity index (χ0v) is 9.98. The van der Waals surface area contributed by atoms with Crippen LogP contribution in [0.2, 0.25) is 0 Å². The highest BCUT2D eigenvalue weighted by atomic mass is 16.5. The maximum absolute atomic E-state index is 12.1. The number of aryl methyl sites for hydroxylation is 1. The van der Waals surface area contributed by atoms with Crippen LogP contribution in [0.25, 0.3) is 0 Å². The third kappa shape index (κ3) is 2.38. The molecule has 0 N–H and O–H groups in total. The highest BCUT2D eigenvalue weighted by Crippen LogP contribution is 2.31. The van der Waals surface area contributed by atoms with Gasteiger partial charge in [-0.3, -0.25) is 0 Å². The van der Waals surface area contributed by atoms with Crippen molar-refractivity contribution in [3.8, 4) is 0 Å². The Morgan fingerprint density at radius 2 is 2.12 bits per heavy atom. The summed E-state index contributed by atoms with van der Waals surface area (Å²) < 4.78 is 0. The van der Waals surface area contributed by atoms with Gasteiger partial charge in [-0.1, -0.05) is 44.4 Å². The van der Waals surface area contributed by atoms with E-state index in [1.807, 2.05) is 18.2 Å². The van der Waals surface area contributed by atoms with Crippen LogP contribution in [0.1, 0.15) is 44.6 Å². The summed E-state index contributed by atoms with van der Waals surface area (Å²) in [5, 5.41) is 13.4. The fourth-order valence-corrected chi connectivity index (χ4v) is 2.46. The molecule has 0 fully saturated rings. The zero-order valence-electron chi connectivity index (χ0n) is 9.98. The fourth-order valence-electron chi connectivity index (χ4n) is 2.46. The summed E-state index contributed by atoms with van der Waals surface area (Å²) in [6, 6.07) is 8.21. The van der Waals surface area contributed by atoms with Crippen molar-refractivity contribution >= 4 is 5.69 Å². The minimum Gasteiger partial charge on any atom is -0.758 e. The average molecular weight is 218 g/mol. The van der Waals surface area contributed by atoms with Crippen molar-refractivity contribution in [2.45, 2.75) is 51.5 Å². The largest absolute Gasteiger partial charge is 0.758 e. The second-order valence-corrected chi connectivity index (χ2v) is 4.64. The lowest BCUT2D eigenvalue weighted by molar-refractivity contribution is 0.503. The third-order valence-electron chi connectivity index (χ3n) is 3.45. The van der Waals surface area contributed by atoms with E-state index in [1.165, 1.54) is 29.9 Å². The van der Waals surface area contributed by atoms with Crippen LogP contribution < -0.4 is 5.06 Å². The van der Waals surface area contributed by atoms with Crippen LogP contribution >= 0.6 is 0 Å². The van der Waals surface area contributed by atoms with Crippen molar-refractivity contribution < 1.29 is 0 Å². The molecule has 1 heterocycles. The summed E-state index contributed by atoms with van der Waals surface area (Å²) in [6.45, 7) is 2.20. The van der Waals surface area contributed by atoms with Gasteiger partial charge in [0.05, 0.1) is 0 Å². The molecule has 2 nitrogen and oxygen atoms in total. The van der Waals surface area contributed by atoms with E-state index >= 15 is 0 Å². The molecule has 0 radical (unpaired) electrons. The zero-order chi connectivity index (χ0) is 11.4. The van der Waals surface area contributed by atoms with E-state index in [9.17, 15) is 5.21 Å². The summed E-state index contributed by atoms with van der Waals surface area (Å²) >= 11 is 0. The molecule has 0 spiro atoms. The number of para-hydroxylation sites is 1.